The molecule has 0 saturated carbocycles. The molecule has 0 aliphatic carbocycles. The van der Waals surface area contributed by atoms with Crippen LogP contribution in [0.2, 0.25) is 0 Å². The molecule has 20 heteroatoms. The zero-order chi connectivity index (χ0) is 31.6. The first-order chi connectivity index (χ1) is 19.3. The third-order valence-corrected chi connectivity index (χ3v) is 6.57. The van der Waals surface area contributed by atoms with Crippen molar-refractivity contribution in [3.05, 3.63) is 57.4 Å². The second kappa shape index (κ2) is 12.4. The molecular weight excluding hydrogens is 614 g/mol. The highest BCUT2D eigenvalue weighted by Gasteiger charge is 2.60. The fraction of sp³-hybridized carbons (Fsp3) is 0.500. The Balaban J connectivity index is 1.69. The van der Waals surface area contributed by atoms with Gasteiger partial charge in [-0.2, -0.15) is 26.3 Å². The van der Waals surface area contributed by atoms with Crippen molar-refractivity contribution in [3.63, 3.8) is 0 Å². The van der Waals surface area contributed by atoms with Crippen LogP contribution in [0, 0.1) is 0 Å². The molecular formula is C22H21F7N3O9P. The van der Waals surface area contributed by atoms with E-state index in [4.69, 9.17) is 14.0 Å². The molecule has 1 aliphatic rings. The van der Waals surface area contributed by atoms with E-state index in [1.165, 1.54) is 18.2 Å². The van der Waals surface area contributed by atoms with Crippen LogP contribution < -0.4 is 25.4 Å². The van der Waals surface area contributed by atoms with Crippen LogP contribution in [0.15, 0.2) is 50.9 Å². The fourth-order valence-corrected chi connectivity index (χ4v) is 4.35. The number of aromatic nitrogens is 2. The van der Waals surface area contributed by atoms with Crippen LogP contribution in [0.25, 0.3) is 0 Å². The summed E-state index contributed by atoms with van der Waals surface area (Å²) in [5, 5.41) is 10.5. The molecule has 42 heavy (non-hydrogen) atoms. The number of H-pyrrole nitrogens is 1. The molecule has 1 aromatic heterocycles. The van der Waals surface area contributed by atoms with E-state index in [-0.39, 0.29) is 11.5 Å². The van der Waals surface area contributed by atoms with Crippen LogP contribution >= 0.6 is 8.17 Å². The van der Waals surface area contributed by atoms with Crippen LogP contribution in [0.1, 0.15) is 20.1 Å². The number of hydrogen-bond acceptors (Lipinski definition) is 10. The summed E-state index contributed by atoms with van der Waals surface area (Å²) in [5.74, 6) is -2.62. The molecule has 1 saturated heterocycles. The summed E-state index contributed by atoms with van der Waals surface area (Å²) in [6, 6.07) is 4.01. The van der Waals surface area contributed by atoms with E-state index in [1.807, 2.05) is 4.98 Å². The summed E-state index contributed by atoms with van der Waals surface area (Å²) in [5.41, 5.74) is -4.31. The molecule has 1 aliphatic heterocycles. The minimum Gasteiger partial charge on any atom is -0.575 e. The number of aromatic amines is 1. The van der Waals surface area contributed by atoms with Crippen LogP contribution in [-0.4, -0.2) is 69.6 Å². The Labute approximate surface area is 231 Å². The molecule has 0 amide bonds. The van der Waals surface area contributed by atoms with Gasteiger partial charge in [-0.3, -0.25) is 18.9 Å². The van der Waals surface area contributed by atoms with Crippen LogP contribution in [0.3, 0.4) is 0 Å². The number of nitrogens with one attached hydrogen (secondary N) is 1. The maximum atomic E-state index is 15.3. The summed E-state index contributed by atoms with van der Waals surface area (Å²) in [4.78, 5) is 49.4. The largest absolute Gasteiger partial charge is 0.575 e. The van der Waals surface area contributed by atoms with Crippen LogP contribution in [0.4, 0.5) is 30.7 Å². The zero-order valence-corrected chi connectivity index (χ0v) is 22.2. The molecule has 2 unspecified atom stereocenters. The Kier molecular flexibility index (Phi) is 9.71. The van der Waals surface area contributed by atoms with E-state index in [0.717, 1.165) is 32.2 Å². The quantitative estimate of drug-likeness (QED) is 0.239. The third-order valence-electron chi connectivity index (χ3n) is 5.69. The van der Waals surface area contributed by atoms with Gasteiger partial charge < -0.3 is 24.2 Å². The molecule has 1 fully saturated rings. The number of aliphatic hydroxyl groups excluding tert-OH is 1. The molecule has 2 N–H and O–H groups in total. The van der Waals surface area contributed by atoms with Gasteiger partial charge in [0.25, 0.3) is 11.7 Å². The van der Waals surface area contributed by atoms with Crippen molar-refractivity contribution in [2.75, 3.05) is 6.61 Å². The summed E-state index contributed by atoms with van der Waals surface area (Å²) >= 11 is 0. The minimum atomic E-state index is -5.96. The number of benzene rings is 1. The Morgan fingerprint density at radius 3 is 2.36 bits per heavy atom. The van der Waals surface area contributed by atoms with Crippen molar-refractivity contribution in [2.45, 2.75) is 62.5 Å². The third kappa shape index (κ3) is 7.64. The van der Waals surface area contributed by atoms with Gasteiger partial charge in [0.1, 0.15) is 18.8 Å². The second-order valence-electron chi connectivity index (χ2n) is 8.92. The Morgan fingerprint density at radius 1 is 1.19 bits per heavy atom. The maximum absolute atomic E-state index is 15.3. The highest BCUT2D eigenvalue weighted by Crippen LogP contribution is 2.41. The number of para-hydroxylation sites is 2. The van der Waals surface area contributed by atoms with Gasteiger partial charge in [0, 0.05) is 12.3 Å². The van der Waals surface area contributed by atoms with E-state index >= 15 is 4.39 Å². The number of aliphatic hydroxyl groups is 1. The monoisotopic (exact) mass is 635 g/mol. The van der Waals surface area contributed by atoms with Gasteiger partial charge in [-0.05, 0) is 26.0 Å². The standard InChI is InChI=1S/C22H21F7N3O9P/c1-10(16(35)40-17(21(24,25)26)22(27,28)29)31-42(37)41-12-6-4-3-5-11(12)38-9-13-15(34)20(2,23)18(39-13)32-8-7-14(33)30-19(32)36/h3-8,10,13,15,17-18,34H,9H2,1-2H3,(H,30,33,36)/t10-,13+,15+,18?,20+/m0/s1. The van der Waals surface area contributed by atoms with Crippen molar-refractivity contribution in [3.8, 4) is 11.5 Å². The molecule has 0 bridgehead atoms. The van der Waals surface area contributed by atoms with Crippen molar-refractivity contribution in [1.82, 2.24) is 9.55 Å². The van der Waals surface area contributed by atoms with Crippen molar-refractivity contribution < 1.29 is 64.3 Å². The van der Waals surface area contributed by atoms with Gasteiger partial charge in [0.15, 0.2) is 23.7 Å². The van der Waals surface area contributed by atoms with E-state index in [1.54, 1.807) is 0 Å². The van der Waals surface area contributed by atoms with Gasteiger partial charge in [0.2, 0.25) is 5.75 Å². The predicted octanol–water partition coefficient (Wildman–Crippen LogP) is 2.26. The van der Waals surface area contributed by atoms with E-state index < -0.39 is 80.6 Å². The Morgan fingerprint density at radius 2 is 1.79 bits per heavy atom. The minimum absolute atomic E-state index is 0.207. The lowest BCUT2D eigenvalue weighted by molar-refractivity contribution is -0.313. The highest BCUT2D eigenvalue weighted by molar-refractivity contribution is 7.34. The summed E-state index contributed by atoms with van der Waals surface area (Å²) in [6.45, 7) is 1.09. The number of carbonyl (C=O) groups is 1. The van der Waals surface area contributed by atoms with Crippen molar-refractivity contribution in [2.24, 2.45) is 4.74 Å². The molecule has 12 nitrogen and oxygen atoms in total. The SMILES string of the molecule is C[C@H](N=[P+]([O-])Oc1ccccc1OC[C@H]1OC(n2ccc(=O)[nH]c2=O)[C@](C)(F)[C@@H]1O)C(=O)OC(C(F)(F)F)C(F)(F)F. The smallest absolute Gasteiger partial charge is 0.434 e. The van der Waals surface area contributed by atoms with Crippen molar-refractivity contribution in [1.29, 1.82) is 0 Å². The summed E-state index contributed by atoms with van der Waals surface area (Å²) < 4.78 is 114. The molecule has 2 heterocycles. The number of alkyl halides is 7. The number of carbonyl (C=O) groups excluding carboxylic acids is 1. The first kappa shape index (κ1) is 33.0. The lowest BCUT2D eigenvalue weighted by Crippen LogP contribution is -2.46. The van der Waals surface area contributed by atoms with Gasteiger partial charge in [-0.25, -0.2) is 14.0 Å². The lowest BCUT2D eigenvalue weighted by Gasteiger charge is -2.24. The number of nitrogens with zero attached hydrogens (tertiary/aromatic N) is 2. The fourth-order valence-electron chi connectivity index (χ4n) is 3.61. The average molecular weight is 635 g/mol. The summed E-state index contributed by atoms with van der Waals surface area (Å²) in [6.07, 6.45) is -20.3. The normalized spacial score (nSPS) is 24.0. The van der Waals surface area contributed by atoms with E-state index in [0.29, 0.717) is 4.57 Å². The maximum Gasteiger partial charge on any atom is 0.434 e. The Bertz CT molecular complexity index is 1410. The number of rotatable bonds is 9. The number of ether oxygens (including phenoxy) is 3. The lowest BCUT2D eigenvalue weighted by atomic mass is 9.98. The first-order valence-corrected chi connectivity index (χ1v) is 12.7. The molecule has 2 aromatic rings. The molecule has 3 rings (SSSR count). The predicted molar refractivity (Wildman–Crippen MR) is 124 cm³/mol. The van der Waals surface area contributed by atoms with E-state index in [9.17, 15) is 50.7 Å². The number of esters is 1. The molecule has 0 spiro atoms. The second-order valence-corrected chi connectivity index (χ2v) is 9.81. The van der Waals surface area contributed by atoms with E-state index in [2.05, 4.69) is 9.48 Å². The topological polar surface area (TPSA) is 164 Å². The Hall–Kier alpha value is -3.54. The highest BCUT2D eigenvalue weighted by atomic mass is 31.1. The van der Waals surface area contributed by atoms with Gasteiger partial charge in [-0.1, -0.05) is 16.9 Å². The van der Waals surface area contributed by atoms with Crippen molar-refractivity contribution >= 4 is 14.1 Å². The number of hydrogen-bond donors (Lipinski definition) is 2. The van der Waals surface area contributed by atoms with Crippen LogP contribution in [0.5, 0.6) is 11.5 Å². The average Bonchev–Trinajstić information content (AvgIpc) is 3.08. The molecule has 1 aromatic carbocycles. The molecule has 0 radical (unpaired) electrons. The van der Waals surface area contributed by atoms with Crippen LogP contribution in [-0.2, 0) is 14.3 Å². The first-order valence-electron chi connectivity index (χ1n) is 11.6. The van der Waals surface area contributed by atoms with Gasteiger partial charge in [0.05, 0.1) is 0 Å². The van der Waals surface area contributed by atoms with Gasteiger partial charge >= 0.3 is 32.2 Å². The number of halogens is 7. The molecule has 232 valence electrons. The molecule has 6 atom stereocenters. The zero-order valence-electron chi connectivity index (χ0n) is 21.3. The van der Waals surface area contributed by atoms with Gasteiger partial charge in [-0.15, -0.1) is 0 Å². The summed E-state index contributed by atoms with van der Waals surface area (Å²) in [7, 11) is -3.29.